The third kappa shape index (κ3) is 5.22. The van der Waals surface area contributed by atoms with Crippen LogP contribution in [0.2, 0.25) is 5.02 Å². The van der Waals surface area contributed by atoms with Crippen molar-refractivity contribution in [2.75, 3.05) is 12.3 Å². The zero-order chi connectivity index (χ0) is 28.2. The third-order valence-corrected chi connectivity index (χ3v) is 9.95. The van der Waals surface area contributed by atoms with Gasteiger partial charge in [-0.3, -0.25) is 4.98 Å². The van der Waals surface area contributed by atoms with E-state index in [0.717, 1.165) is 18.3 Å². The number of nitrogens with two attached hydrogens (primary N) is 1. The second-order valence-corrected chi connectivity index (χ2v) is 12.7. The topological polar surface area (TPSA) is 138 Å². The summed E-state index contributed by atoms with van der Waals surface area (Å²) in [5.74, 6) is 0.147. The largest absolute Gasteiger partial charge is 0.423 e. The molecule has 0 amide bonds. The average molecular weight is 599 g/mol. The minimum atomic E-state index is -5.13. The fourth-order valence-electron chi connectivity index (χ4n) is 4.17. The lowest BCUT2D eigenvalue weighted by Gasteiger charge is -2.29. The lowest BCUT2D eigenvalue weighted by molar-refractivity contribution is -0.277. The van der Waals surface area contributed by atoms with E-state index < -0.39 is 45.3 Å². The molecule has 1 aliphatic rings. The third-order valence-electron chi connectivity index (χ3n) is 6.47. The monoisotopic (exact) mass is 598 g/mol. The molecule has 5 N–H and O–H groups in total. The second-order valence-electron chi connectivity index (χ2n) is 9.22. The zero-order valence-corrected chi connectivity index (χ0v) is 22.4. The number of nitrogen functional groups attached to an aromatic ring is 1. The smallest absolute Gasteiger partial charge is 0.393 e. The van der Waals surface area contributed by atoms with Crippen LogP contribution in [0.15, 0.2) is 54.7 Å². The molecule has 4 aromatic rings. The van der Waals surface area contributed by atoms with Crippen LogP contribution in [0.1, 0.15) is 35.0 Å². The first kappa shape index (κ1) is 27.7. The van der Waals surface area contributed by atoms with Gasteiger partial charge in [-0.25, -0.2) is 18.1 Å². The molecule has 0 aliphatic heterocycles. The Morgan fingerprint density at radius 1 is 1.18 bits per heavy atom. The van der Waals surface area contributed by atoms with Gasteiger partial charge >= 0.3 is 6.18 Å². The van der Waals surface area contributed by atoms with E-state index in [1.807, 2.05) is 0 Å². The van der Waals surface area contributed by atoms with E-state index in [0.29, 0.717) is 33.4 Å². The van der Waals surface area contributed by atoms with Gasteiger partial charge in [0, 0.05) is 21.3 Å². The Kier molecular flexibility index (Phi) is 7.10. The number of aliphatic hydroxyl groups is 2. The van der Waals surface area contributed by atoms with Gasteiger partial charge < -0.3 is 15.9 Å². The van der Waals surface area contributed by atoms with E-state index >= 15 is 0 Å². The first-order valence-corrected chi connectivity index (χ1v) is 14.4. The maximum Gasteiger partial charge on any atom is 0.423 e. The summed E-state index contributed by atoms with van der Waals surface area (Å²) in [4.78, 5) is 9.02. The highest BCUT2D eigenvalue weighted by atomic mass is 35.5. The Labute approximate surface area is 230 Å². The number of benzene rings is 1. The van der Waals surface area contributed by atoms with Crippen molar-refractivity contribution in [3.8, 4) is 11.3 Å². The van der Waals surface area contributed by atoms with Gasteiger partial charge in [0.05, 0.1) is 34.3 Å². The van der Waals surface area contributed by atoms with Crippen LogP contribution in [-0.4, -0.2) is 46.6 Å². The summed E-state index contributed by atoms with van der Waals surface area (Å²) >= 11 is 7.60. The van der Waals surface area contributed by atoms with Crippen molar-refractivity contribution in [1.82, 2.24) is 14.7 Å². The molecular weight excluding hydrogens is 577 g/mol. The minimum Gasteiger partial charge on any atom is -0.393 e. The highest BCUT2D eigenvalue weighted by Gasteiger charge is 2.55. The van der Waals surface area contributed by atoms with E-state index in [1.54, 1.807) is 24.3 Å². The van der Waals surface area contributed by atoms with Gasteiger partial charge in [-0.15, -0.1) is 11.3 Å². The number of thiophene rings is 1. The van der Waals surface area contributed by atoms with Gasteiger partial charge in [0.2, 0.25) is 15.6 Å². The molecule has 14 heteroatoms. The number of aliphatic hydroxyl groups excluding tert-OH is 1. The standard InChI is InChI=1S/C25H22ClF3N4O4S2/c26-17-6-7-20(30)32-21(17)22(33-39(36,37)15-4-5-15)19-10-13-2-1-3-16(23(13)38-19)18-11-14(8-9-31-18)24(35,12-34)25(27,28)29/h1-3,6-11,15,22,33-35H,4-5,12H2,(H2,30,32)/t22?,24-/m1/s1. The van der Waals surface area contributed by atoms with Crippen LogP contribution in [0, 0.1) is 0 Å². The molecule has 1 fully saturated rings. The Bertz CT molecular complexity index is 1660. The number of sulfonamides is 1. The molecule has 1 saturated carbocycles. The van der Waals surface area contributed by atoms with Crippen LogP contribution in [0.4, 0.5) is 19.0 Å². The quantitative estimate of drug-likeness (QED) is 0.234. The molecule has 0 bridgehead atoms. The van der Waals surface area contributed by atoms with Gasteiger partial charge in [-0.1, -0.05) is 29.8 Å². The van der Waals surface area contributed by atoms with Crippen molar-refractivity contribution < 1.29 is 31.8 Å². The molecule has 1 unspecified atom stereocenters. The van der Waals surface area contributed by atoms with Crippen LogP contribution in [0.5, 0.6) is 0 Å². The number of fused-ring (bicyclic) bond motifs is 1. The Morgan fingerprint density at radius 3 is 2.59 bits per heavy atom. The molecule has 1 aliphatic carbocycles. The number of hydrogen-bond acceptors (Lipinski definition) is 8. The molecule has 0 spiro atoms. The summed E-state index contributed by atoms with van der Waals surface area (Å²) < 4.78 is 69.9. The Morgan fingerprint density at radius 2 is 1.92 bits per heavy atom. The van der Waals surface area contributed by atoms with E-state index in [9.17, 15) is 31.8 Å². The predicted molar refractivity (Wildman–Crippen MR) is 143 cm³/mol. The molecule has 3 aromatic heterocycles. The number of pyridine rings is 2. The normalized spacial score (nSPS) is 16.8. The van der Waals surface area contributed by atoms with E-state index in [4.69, 9.17) is 17.3 Å². The van der Waals surface area contributed by atoms with Crippen LogP contribution < -0.4 is 10.5 Å². The van der Waals surface area contributed by atoms with Gasteiger partial charge in [0.25, 0.3) is 0 Å². The van der Waals surface area contributed by atoms with Crippen molar-refractivity contribution in [2.45, 2.75) is 35.9 Å². The van der Waals surface area contributed by atoms with Crippen molar-refractivity contribution >= 4 is 48.9 Å². The first-order valence-electron chi connectivity index (χ1n) is 11.7. The van der Waals surface area contributed by atoms with Gasteiger partial charge in [0.15, 0.2) is 0 Å². The van der Waals surface area contributed by atoms with E-state index in [2.05, 4.69) is 14.7 Å². The summed E-state index contributed by atoms with van der Waals surface area (Å²) in [7, 11) is -3.70. The van der Waals surface area contributed by atoms with Crippen molar-refractivity contribution in [3.63, 3.8) is 0 Å². The number of nitrogens with zero attached hydrogens (tertiary/aromatic N) is 2. The Hall–Kier alpha value is -2.81. The van der Waals surface area contributed by atoms with Gasteiger partial charge in [0.1, 0.15) is 5.82 Å². The zero-order valence-electron chi connectivity index (χ0n) is 20.0. The lowest BCUT2D eigenvalue weighted by atomic mass is 9.93. The summed E-state index contributed by atoms with van der Waals surface area (Å²) in [6.07, 6.45) is -2.93. The maximum absolute atomic E-state index is 13.6. The molecule has 5 rings (SSSR count). The lowest BCUT2D eigenvalue weighted by Crippen LogP contribution is -2.45. The molecule has 8 nitrogen and oxygen atoms in total. The molecular formula is C25H22ClF3N4O4S2. The second kappa shape index (κ2) is 9.98. The highest BCUT2D eigenvalue weighted by Crippen LogP contribution is 2.43. The highest BCUT2D eigenvalue weighted by molar-refractivity contribution is 7.90. The molecule has 0 saturated heterocycles. The number of alkyl halides is 3. The first-order chi connectivity index (χ1) is 18.3. The summed E-state index contributed by atoms with van der Waals surface area (Å²) in [5, 5.41) is 20.0. The van der Waals surface area contributed by atoms with Crippen molar-refractivity contribution in [2.24, 2.45) is 0 Å². The van der Waals surface area contributed by atoms with E-state index in [-0.39, 0.29) is 22.2 Å². The molecule has 3 heterocycles. The Balaban J connectivity index is 1.64. The fourth-order valence-corrected chi connectivity index (χ4v) is 7.21. The number of rotatable bonds is 8. The van der Waals surface area contributed by atoms with Crippen molar-refractivity contribution in [1.29, 1.82) is 0 Å². The molecule has 0 radical (unpaired) electrons. The average Bonchev–Trinajstić information content (AvgIpc) is 3.67. The predicted octanol–water partition coefficient (Wildman–Crippen LogP) is 4.51. The number of nitrogens with one attached hydrogen (secondary N) is 1. The summed E-state index contributed by atoms with van der Waals surface area (Å²) in [6, 6.07) is 10.9. The fraction of sp³-hybridized carbons (Fsp3) is 0.280. The van der Waals surface area contributed by atoms with Crippen LogP contribution in [0.3, 0.4) is 0 Å². The molecule has 39 heavy (non-hydrogen) atoms. The summed E-state index contributed by atoms with van der Waals surface area (Å²) in [6.45, 7) is -1.57. The van der Waals surface area contributed by atoms with E-state index in [1.165, 1.54) is 23.5 Å². The maximum atomic E-state index is 13.6. The summed E-state index contributed by atoms with van der Waals surface area (Å²) in [5.41, 5.74) is 2.62. The number of hydrogen-bond donors (Lipinski definition) is 4. The minimum absolute atomic E-state index is 0.123. The number of aromatic nitrogens is 2. The molecule has 1 aromatic carbocycles. The number of halogens is 4. The van der Waals surface area contributed by atoms with Crippen LogP contribution >= 0.6 is 22.9 Å². The number of anilines is 1. The molecule has 206 valence electrons. The van der Waals surface area contributed by atoms with Crippen LogP contribution in [0.25, 0.3) is 21.3 Å². The van der Waals surface area contributed by atoms with Crippen molar-refractivity contribution in [3.05, 3.63) is 75.9 Å². The molecule has 2 atom stereocenters. The van der Waals surface area contributed by atoms with Crippen LogP contribution in [-0.2, 0) is 15.6 Å². The SMILES string of the molecule is Nc1ccc(Cl)c(C(NS(=O)(=O)C2CC2)c2cc3cccc(-c4cc([C@](O)(CO)C(F)(F)F)ccn4)c3s2)n1. The van der Waals surface area contributed by atoms with Gasteiger partial charge in [-0.2, -0.15) is 13.2 Å². The van der Waals surface area contributed by atoms with Gasteiger partial charge in [-0.05, 0) is 54.1 Å².